The van der Waals surface area contributed by atoms with E-state index in [1.165, 1.54) is 10.1 Å². The maximum Gasteiger partial charge on any atom is 0.329 e. The van der Waals surface area contributed by atoms with Gasteiger partial charge < -0.3 is 9.88 Å². The summed E-state index contributed by atoms with van der Waals surface area (Å²) >= 11 is 0. The number of H-pyrrole nitrogens is 1. The van der Waals surface area contributed by atoms with E-state index in [1.807, 2.05) is 38.1 Å². The summed E-state index contributed by atoms with van der Waals surface area (Å²) in [7, 11) is 1.59. The van der Waals surface area contributed by atoms with E-state index < -0.39 is 11.2 Å². The normalized spacial score (nSPS) is 11.1. The first-order valence-electron chi connectivity index (χ1n) is 7.50. The van der Waals surface area contributed by atoms with E-state index in [2.05, 4.69) is 15.3 Å². The van der Waals surface area contributed by atoms with Crippen LogP contribution in [0.2, 0.25) is 0 Å². The molecule has 0 aliphatic rings. The van der Waals surface area contributed by atoms with Crippen molar-refractivity contribution in [2.45, 2.75) is 26.9 Å². The van der Waals surface area contributed by atoms with Gasteiger partial charge in [0.25, 0.3) is 5.56 Å². The smallest absolute Gasteiger partial charge is 0.329 e. The summed E-state index contributed by atoms with van der Waals surface area (Å²) in [6, 6.07) is 8.19. The van der Waals surface area contributed by atoms with Gasteiger partial charge in [-0.15, -0.1) is 0 Å². The maximum absolute atomic E-state index is 12.1. The van der Waals surface area contributed by atoms with E-state index in [1.54, 1.807) is 11.6 Å². The van der Waals surface area contributed by atoms with Gasteiger partial charge in [-0.25, -0.2) is 4.79 Å². The Morgan fingerprint density at radius 2 is 1.91 bits per heavy atom. The largest absolute Gasteiger partial charge is 0.352 e. The van der Waals surface area contributed by atoms with Crippen molar-refractivity contribution in [3.63, 3.8) is 0 Å². The van der Waals surface area contributed by atoms with Crippen LogP contribution in [0.25, 0.3) is 11.2 Å². The summed E-state index contributed by atoms with van der Waals surface area (Å²) in [6.45, 7) is 5.15. The number of rotatable bonds is 4. The van der Waals surface area contributed by atoms with Crippen molar-refractivity contribution in [1.82, 2.24) is 19.1 Å². The number of nitrogens with zero attached hydrogens (tertiary/aromatic N) is 3. The molecule has 2 heterocycles. The minimum absolute atomic E-state index is 0.381. The van der Waals surface area contributed by atoms with Gasteiger partial charge in [0.15, 0.2) is 11.2 Å². The van der Waals surface area contributed by atoms with Crippen molar-refractivity contribution in [2.24, 2.45) is 7.05 Å². The summed E-state index contributed by atoms with van der Waals surface area (Å²) in [5, 5.41) is 3.25. The summed E-state index contributed by atoms with van der Waals surface area (Å²) < 4.78 is 3.13. The molecule has 0 atom stereocenters. The van der Waals surface area contributed by atoms with Gasteiger partial charge >= 0.3 is 5.69 Å². The number of aryl methyl sites for hydroxylation is 3. The molecular formula is C16H19N5O2. The molecule has 23 heavy (non-hydrogen) atoms. The molecule has 0 radical (unpaired) electrons. The van der Waals surface area contributed by atoms with E-state index in [9.17, 15) is 9.59 Å². The zero-order valence-corrected chi connectivity index (χ0v) is 13.4. The lowest BCUT2D eigenvalue weighted by molar-refractivity contribution is 0.778. The Labute approximate surface area is 132 Å². The Bertz CT molecular complexity index is 963. The first-order valence-corrected chi connectivity index (χ1v) is 7.50. The Morgan fingerprint density at radius 1 is 1.22 bits per heavy atom. The van der Waals surface area contributed by atoms with E-state index in [-0.39, 0.29) is 0 Å². The standard InChI is InChI=1S/C16H19N5O2/c1-4-21-12-13(20(3)16(23)19-14(12)22)18-15(21)17-9-11-7-5-10(2)6-8-11/h5-8H,4,9H2,1-3H3,(H,17,18)(H,19,22,23). The first-order chi connectivity index (χ1) is 11.0. The molecule has 7 heteroatoms. The van der Waals surface area contributed by atoms with Crippen LogP contribution in [0.4, 0.5) is 5.95 Å². The lowest BCUT2D eigenvalue weighted by atomic mass is 10.1. The van der Waals surface area contributed by atoms with Crippen molar-refractivity contribution in [3.8, 4) is 0 Å². The number of hydrogen-bond donors (Lipinski definition) is 2. The third-order valence-corrected chi connectivity index (χ3v) is 3.89. The zero-order valence-electron chi connectivity index (χ0n) is 13.4. The van der Waals surface area contributed by atoms with Crippen LogP contribution in [-0.4, -0.2) is 19.1 Å². The van der Waals surface area contributed by atoms with Gasteiger partial charge in [-0.1, -0.05) is 29.8 Å². The van der Waals surface area contributed by atoms with Gasteiger partial charge in [0.05, 0.1) is 0 Å². The predicted molar refractivity (Wildman–Crippen MR) is 89.8 cm³/mol. The summed E-state index contributed by atoms with van der Waals surface area (Å²) in [6.07, 6.45) is 0. The van der Waals surface area contributed by atoms with Gasteiger partial charge in [-0.3, -0.25) is 14.3 Å². The monoisotopic (exact) mass is 313 g/mol. The fourth-order valence-corrected chi connectivity index (χ4v) is 2.56. The molecule has 0 spiro atoms. The number of nitrogens with one attached hydrogen (secondary N) is 2. The van der Waals surface area contributed by atoms with Crippen LogP contribution in [0.3, 0.4) is 0 Å². The van der Waals surface area contributed by atoms with Crippen LogP contribution in [0, 0.1) is 6.92 Å². The van der Waals surface area contributed by atoms with Crippen LogP contribution in [0.5, 0.6) is 0 Å². The number of benzene rings is 1. The van der Waals surface area contributed by atoms with Crippen molar-refractivity contribution in [3.05, 3.63) is 56.2 Å². The molecule has 0 aliphatic heterocycles. The summed E-state index contributed by atoms with van der Waals surface area (Å²) in [5.74, 6) is 0.578. The van der Waals surface area contributed by atoms with E-state index in [4.69, 9.17) is 0 Å². The highest BCUT2D eigenvalue weighted by atomic mass is 16.2. The SMILES string of the molecule is CCn1c(NCc2ccc(C)cc2)nc2c1c(=O)[nH]c(=O)n2C. The third kappa shape index (κ3) is 2.65. The second-order valence-electron chi connectivity index (χ2n) is 5.51. The minimum atomic E-state index is -0.465. The van der Waals surface area contributed by atoms with E-state index in [0.717, 1.165) is 5.56 Å². The Kier molecular flexibility index (Phi) is 3.77. The molecule has 0 saturated carbocycles. The van der Waals surface area contributed by atoms with Crippen LogP contribution >= 0.6 is 0 Å². The fourth-order valence-electron chi connectivity index (χ4n) is 2.56. The highest BCUT2D eigenvalue weighted by Gasteiger charge is 2.15. The molecule has 0 amide bonds. The summed E-state index contributed by atoms with van der Waals surface area (Å²) in [4.78, 5) is 30.6. The molecule has 1 aromatic carbocycles. The molecule has 0 bridgehead atoms. The molecule has 120 valence electrons. The maximum atomic E-state index is 12.1. The fraction of sp³-hybridized carbons (Fsp3) is 0.312. The molecule has 3 rings (SSSR count). The average Bonchev–Trinajstić information content (AvgIpc) is 2.91. The number of aromatic amines is 1. The van der Waals surface area contributed by atoms with Gasteiger partial charge in [-0.2, -0.15) is 4.98 Å². The molecule has 0 unspecified atom stereocenters. The molecule has 2 N–H and O–H groups in total. The first kappa shape index (κ1) is 15.1. The zero-order chi connectivity index (χ0) is 16.6. The molecule has 2 aromatic heterocycles. The lowest BCUT2D eigenvalue weighted by Crippen LogP contribution is -2.29. The summed E-state index contributed by atoms with van der Waals surface area (Å²) in [5.41, 5.74) is 2.23. The number of fused-ring (bicyclic) bond motifs is 1. The van der Waals surface area contributed by atoms with Gasteiger partial charge in [0.1, 0.15) is 0 Å². The second kappa shape index (κ2) is 5.75. The molecule has 7 nitrogen and oxygen atoms in total. The Hall–Kier alpha value is -2.83. The highest BCUT2D eigenvalue weighted by molar-refractivity contribution is 5.74. The average molecular weight is 313 g/mol. The van der Waals surface area contributed by atoms with Crippen molar-refractivity contribution < 1.29 is 0 Å². The molecule has 3 aromatic rings. The minimum Gasteiger partial charge on any atom is -0.352 e. The number of anilines is 1. The van der Waals surface area contributed by atoms with Gasteiger partial charge in [0, 0.05) is 20.1 Å². The Morgan fingerprint density at radius 3 is 2.57 bits per heavy atom. The van der Waals surface area contributed by atoms with Crippen LogP contribution in [0.15, 0.2) is 33.9 Å². The second-order valence-corrected chi connectivity index (χ2v) is 5.51. The van der Waals surface area contributed by atoms with Gasteiger partial charge in [-0.05, 0) is 19.4 Å². The number of imidazole rings is 1. The van der Waals surface area contributed by atoms with E-state index in [0.29, 0.717) is 30.2 Å². The van der Waals surface area contributed by atoms with Crippen LogP contribution < -0.4 is 16.6 Å². The van der Waals surface area contributed by atoms with Crippen LogP contribution in [-0.2, 0) is 20.1 Å². The quantitative estimate of drug-likeness (QED) is 0.762. The topological polar surface area (TPSA) is 84.7 Å². The third-order valence-electron chi connectivity index (χ3n) is 3.89. The molecular weight excluding hydrogens is 294 g/mol. The van der Waals surface area contributed by atoms with Gasteiger partial charge in [0.2, 0.25) is 5.95 Å². The molecule has 0 saturated heterocycles. The van der Waals surface area contributed by atoms with E-state index >= 15 is 0 Å². The van der Waals surface area contributed by atoms with Crippen LogP contribution in [0.1, 0.15) is 18.1 Å². The lowest BCUT2D eigenvalue weighted by Gasteiger charge is -2.08. The highest BCUT2D eigenvalue weighted by Crippen LogP contribution is 2.16. The van der Waals surface area contributed by atoms with Crippen molar-refractivity contribution in [1.29, 1.82) is 0 Å². The Balaban J connectivity index is 2.02. The predicted octanol–water partition coefficient (Wildman–Crippen LogP) is 1.36. The van der Waals surface area contributed by atoms with Crippen molar-refractivity contribution >= 4 is 17.1 Å². The number of hydrogen-bond acceptors (Lipinski definition) is 4. The number of aromatic nitrogens is 4. The molecule has 0 fully saturated rings. The molecule has 0 aliphatic carbocycles. The van der Waals surface area contributed by atoms with Crippen molar-refractivity contribution in [2.75, 3.05) is 5.32 Å².